The van der Waals surface area contributed by atoms with E-state index >= 15 is 0 Å². The second kappa shape index (κ2) is 8.55. The second-order valence-corrected chi connectivity index (χ2v) is 11.0. The van der Waals surface area contributed by atoms with Gasteiger partial charge in [-0.05, 0) is 97.7 Å². The Morgan fingerprint density at radius 3 is 1.80 bits per heavy atom. The number of aromatic nitrogens is 1. The number of hydrogen-bond acceptors (Lipinski definition) is 0. The molecule has 1 heterocycles. The van der Waals surface area contributed by atoms with Crippen molar-refractivity contribution in [3.63, 3.8) is 0 Å². The topological polar surface area (TPSA) is 4.93 Å². The number of nitrogens with zero attached hydrogens (tertiary/aromatic N) is 1. The zero-order valence-electron chi connectivity index (χ0n) is 22.4. The van der Waals surface area contributed by atoms with Crippen molar-refractivity contribution >= 4 is 32.6 Å². The van der Waals surface area contributed by atoms with E-state index in [9.17, 15) is 0 Å². The zero-order chi connectivity index (χ0) is 26.9. The van der Waals surface area contributed by atoms with Gasteiger partial charge in [0.15, 0.2) is 0 Å². The van der Waals surface area contributed by atoms with Crippen molar-refractivity contribution in [2.45, 2.75) is 0 Å². The quantitative estimate of drug-likeness (QED) is 0.219. The van der Waals surface area contributed by atoms with Crippen LogP contribution in [0.5, 0.6) is 0 Å². The second-order valence-electron chi connectivity index (χ2n) is 11.0. The first-order valence-electron chi connectivity index (χ1n) is 14.2. The van der Waals surface area contributed by atoms with Gasteiger partial charge in [0.1, 0.15) is 0 Å². The first-order valence-corrected chi connectivity index (χ1v) is 14.2. The van der Waals surface area contributed by atoms with Gasteiger partial charge < -0.3 is 4.57 Å². The minimum absolute atomic E-state index is 1.18. The van der Waals surface area contributed by atoms with Gasteiger partial charge in [-0.25, -0.2) is 0 Å². The molecule has 1 heteroatoms. The highest BCUT2D eigenvalue weighted by Gasteiger charge is 2.21. The summed E-state index contributed by atoms with van der Waals surface area (Å²) >= 11 is 0. The van der Waals surface area contributed by atoms with E-state index in [0.717, 1.165) is 0 Å². The molecule has 0 saturated carbocycles. The molecule has 0 bridgehead atoms. The molecule has 1 aromatic heterocycles. The molecule has 0 saturated heterocycles. The van der Waals surface area contributed by atoms with Gasteiger partial charge in [0.05, 0.1) is 11.0 Å². The number of para-hydroxylation sites is 2. The predicted molar refractivity (Wildman–Crippen MR) is 174 cm³/mol. The molecule has 0 atom stereocenters. The van der Waals surface area contributed by atoms with Crippen molar-refractivity contribution in [2.75, 3.05) is 0 Å². The maximum Gasteiger partial charge on any atom is 0.0541 e. The van der Waals surface area contributed by atoms with Gasteiger partial charge in [0.25, 0.3) is 0 Å². The number of hydrogen-bond donors (Lipinski definition) is 0. The maximum atomic E-state index is 2.37. The van der Waals surface area contributed by atoms with Crippen LogP contribution in [0, 0.1) is 0 Å². The highest BCUT2D eigenvalue weighted by molar-refractivity contribution is 6.16. The van der Waals surface area contributed by atoms with Gasteiger partial charge in [-0.1, -0.05) is 109 Å². The van der Waals surface area contributed by atoms with Crippen LogP contribution in [0.1, 0.15) is 0 Å². The summed E-state index contributed by atoms with van der Waals surface area (Å²) in [5.41, 5.74) is 14.0. The molecule has 190 valence electrons. The van der Waals surface area contributed by atoms with Gasteiger partial charge in [-0.3, -0.25) is 0 Å². The van der Waals surface area contributed by atoms with Crippen molar-refractivity contribution in [1.82, 2.24) is 4.57 Å². The van der Waals surface area contributed by atoms with Crippen molar-refractivity contribution in [3.8, 4) is 50.2 Å². The van der Waals surface area contributed by atoms with Crippen LogP contribution in [0.25, 0.3) is 82.8 Å². The number of fused-ring (bicyclic) bond motifs is 6. The average molecular weight is 520 g/mol. The smallest absolute Gasteiger partial charge is 0.0541 e. The molecule has 8 aromatic rings. The minimum atomic E-state index is 1.18. The maximum absolute atomic E-state index is 2.37. The highest BCUT2D eigenvalue weighted by atomic mass is 15.0. The molecule has 0 radical (unpaired) electrons. The highest BCUT2D eigenvalue weighted by Crippen LogP contribution is 2.48. The van der Waals surface area contributed by atoms with Crippen molar-refractivity contribution in [3.05, 3.63) is 152 Å². The Morgan fingerprint density at radius 1 is 0.341 bits per heavy atom. The first-order chi connectivity index (χ1) is 20.3. The summed E-state index contributed by atoms with van der Waals surface area (Å²) in [5.74, 6) is 0. The fourth-order valence-electron chi connectivity index (χ4n) is 6.85. The molecule has 0 amide bonds. The number of benzene rings is 7. The van der Waals surface area contributed by atoms with Gasteiger partial charge in [0.2, 0.25) is 0 Å². The van der Waals surface area contributed by atoms with Gasteiger partial charge in [-0.15, -0.1) is 0 Å². The lowest BCUT2D eigenvalue weighted by molar-refractivity contribution is 1.18. The van der Waals surface area contributed by atoms with E-state index in [1.165, 1.54) is 82.8 Å². The Kier molecular flexibility index (Phi) is 4.67. The molecule has 0 aliphatic heterocycles. The van der Waals surface area contributed by atoms with Gasteiger partial charge in [-0.2, -0.15) is 0 Å². The van der Waals surface area contributed by atoms with E-state index in [2.05, 4.69) is 156 Å². The Hall–Kier alpha value is -5.40. The molecule has 0 fully saturated rings. The normalized spacial score (nSPS) is 11.9. The van der Waals surface area contributed by atoms with Crippen molar-refractivity contribution in [2.24, 2.45) is 0 Å². The largest absolute Gasteiger partial charge is 0.309 e. The Morgan fingerprint density at radius 2 is 0.976 bits per heavy atom. The van der Waals surface area contributed by atoms with Crippen LogP contribution < -0.4 is 0 Å². The molecule has 1 nitrogen and oxygen atoms in total. The van der Waals surface area contributed by atoms with Crippen molar-refractivity contribution < 1.29 is 0 Å². The lowest BCUT2D eigenvalue weighted by Gasteiger charge is -2.10. The minimum Gasteiger partial charge on any atom is -0.309 e. The van der Waals surface area contributed by atoms with E-state index in [-0.39, 0.29) is 0 Å². The third-order valence-electron chi connectivity index (χ3n) is 8.72. The van der Waals surface area contributed by atoms with Gasteiger partial charge >= 0.3 is 0 Å². The molecule has 1 aliphatic rings. The van der Waals surface area contributed by atoms with Crippen molar-refractivity contribution in [1.29, 1.82) is 0 Å². The Labute approximate surface area is 238 Å². The Balaban J connectivity index is 1.15. The lowest BCUT2D eigenvalue weighted by atomic mass is 9.94. The van der Waals surface area contributed by atoms with Crippen LogP contribution in [0.3, 0.4) is 0 Å². The molecule has 1 aliphatic carbocycles. The average Bonchev–Trinajstić information content (AvgIpc) is 3.55. The molecule has 41 heavy (non-hydrogen) atoms. The van der Waals surface area contributed by atoms with Crippen LogP contribution in [-0.2, 0) is 0 Å². The summed E-state index contributed by atoms with van der Waals surface area (Å²) in [4.78, 5) is 0. The fourth-order valence-corrected chi connectivity index (χ4v) is 6.85. The molecule has 7 aromatic carbocycles. The summed E-state index contributed by atoms with van der Waals surface area (Å²) in [6.07, 6.45) is 0. The Bertz CT molecular complexity index is 2290. The molecule has 0 spiro atoms. The first kappa shape index (κ1) is 22.4. The summed E-state index contributed by atoms with van der Waals surface area (Å²) in [6, 6.07) is 55.4. The van der Waals surface area contributed by atoms with Gasteiger partial charge in [0, 0.05) is 16.5 Å². The van der Waals surface area contributed by atoms with E-state index in [4.69, 9.17) is 0 Å². The van der Waals surface area contributed by atoms with Crippen LogP contribution >= 0.6 is 0 Å². The zero-order valence-corrected chi connectivity index (χ0v) is 22.4. The van der Waals surface area contributed by atoms with E-state index in [0.29, 0.717) is 0 Å². The molecular formula is C40H25N. The molecule has 0 unspecified atom stereocenters. The third kappa shape index (κ3) is 3.30. The van der Waals surface area contributed by atoms with E-state index in [1.807, 2.05) is 0 Å². The van der Waals surface area contributed by atoms with E-state index in [1.54, 1.807) is 0 Å². The summed E-state index contributed by atoms with van der Waals surface area (Å²) in [5, 5.41) is 5.23. The molecular weight excluding hydrogens is 494 g/mol. The van der Waals surface area contributed by atoms with Crippen LogP contribution in [0.2, 0.25) is 0 Å². The summed E-state index contributed by atoms with van der Waals surface area (Å²) in [6.45, 7) is 0. The van der Waals surface area contributed by atoms with Crippen LogP contribution in [-0.4, -0.2) is 4.57 Å². The SMILES string of the molecule is c1ccc(-n2c3ccccc3c3cc(-c4ccc(-c5cc6c7c(cccc7c5)-c5ccccc5-6)cc4)ccc32)cc1. The summed E-state index contributed by atoms with van der Waals surface area (Å²) in [7, 11) is 0. The van der Waals surface area contributed by atoms with Crippen LogP contribution in [0.4, 0.5) is 0 Å². The standard InChI is InChI=1S/C40H25N/c1-2-10-31(11-3-1)41-38-16-7-6-14-34(38)36-24-28(21-22-39(36)41)26-17-19-27(20-18-26)30-23-29-9-8-15-35-32-12-4-5-13-33(32)37(25-30)40(29)35/h1-25H. The molecule has 0 N–H and O–H groups in total. The summed E-state index contributed by atoms with van der Waals surface area (Å²) < 4.78 is 2.37. The third-order valence-corrected chi connectivity index (χ3v) is 8.72. The monoisotopic (exact) mass is 519 g/mol. The van der Waals surface area contributed by atoms with Crippen LogP contribution in [0.15, 0.2) is 152 Å². The predicted octanol–water partition coefficient (Wildman–Crippen LogP) is 10.9. The molecule has 9 rings (SSSR count). The van der Waals surface area contributed by atoms with E-state index < -0.39 is 0 Å². The fraction of sp³-hybridized carbons (Fsp3) is 0. The number of rotatable bonds is 3. The lowest BCUT2D eigenvalue weighted by Crippen LogP contribution is -1.92.